The van der Waals surface area contributed by atoms with Gasteiger partial charge in [-0.05, 0) is 13.0 Å². The molecule has 0 aromatic carbocycles. The molecule has 0 radical (unpaired) electrons. The number of hydrogen-bond acceptors (Lipinski definition) is 4. The van der Waals surface area contributed by atoms with E-state index in [1.54, 1.807) is 7.11 Å². The van der Waals surface area contributed by atoms with Gasteiger partial charge in [-0.2, -0.15) is 5.26 Å². The Morgan fingerprint density at radius 2 is 2.38 bits per heavy atom. The Balaban J connectivity index is 3.13. The van der Waals surface area contributed by atoms with Gasteiger partial charge in [-0.1, -0.05) is 0 Å². The molecule has 0 rings (SSSR count). The third-order valence-electron chi connectivity index (χ3n) is 1.35. The number of carbonyl (C=O) groups excluding carboxylic acids is 1. The summed E-state index contributed by atoms with van der Waals surface area (Å²) in [7, 11) is 1.64. The van der Waals surface area contributed by atoms with Crippen LogP contribution in [0.25, 0.3) is 0 Å². The quantitative estimate of drug-likeness (QED) is 0.404. The fraction of sp³-hybridized carbons (Fsp3) is 0.750. The van der Waals surface area contributed by atoms with E-state index in [4.69, 9.17) is 10.00 Å². The number of amides is 1. The zero-order valence-corrected chi connectivity index (χ0v) is 7.80. The van der Waals surface area contributed by atoms with E-state index in [9.17, 15) is 4.79 Å². The van der Waals surface area contributed by atoms with Crippen molar-refractivity contribution in [2.24, 2.45) is 0 Å². The second-order valence-electron chi connectivity index (χ2n) is 2.46. The number of nitrogens with zero attached hydrogens (tertiary/aromatic N) is 1. The molecule has 0 atom stereocenters. The maximum atomic E-state index is 10.9. The van der Waals surface area contributed by atoms with Gasteiger partial charge in [0, 0.05) is 13.7 Å². The molecule has 0 unspecified atom stereocenters. The van der Waals surface area contributed by atoms with Crippen molar-refractivity contribution < 1.29 is 9.53 Å². The standard InChI is InChI=1S/C8H15N3O2/c1-13-6-2-4-10-7-8(12)11-5-3-9/h10H,2,4-7H2,1H3,(H,11,12). The molecule has 0 saturated heterocycles. The van der Waals surface area contributed by atoms with Crippen LogP contribution in [0.4, 0.5) is 0 Å². The molecule has 0 aliphatic heterocycles. The lowest BCUT2D eigenvalue weighted by molar-refractivity contribution is -0.120. The van der Waals surface area contributed by atoms with Crippen LogP contribution in [0.3, 0.4) is 0 Å². The van der Waals surface area contributed by atoms with Crippen molar-refractivity contribution in [1.29, 1.82) is 5.26 Å². The number of hydrogen-bond donors (Lipinski definition) is 2. The summed E-state index contributed by atoms with van der Waals surface area (Å²) >= 11 is 0. The predicted molar refractivity (Wildman–Crippen MR) is 48.0 cm³/mol. The second kappa shape index (κ2) is 8.97. The number of carbonyl (C=O) groups is 1. The minimum atomic E-state index is -0.154. The van der Waals surface area contributed by atoms with Crippen molar-refractivity contribution in [3.63, 3.8) is 0 Å². The third kappa shape index (κ3) is 8.79. The second-order valence-corrected chi connectivity index (χ2v) is 2.46. The van der Waals surface area contributed by atoms with Gasteiger partial charge in [-0.25, -0.2) is 0 Å². The van der Waals surface area contributed by atoms with Crippen LogP contribution in [0, 0.1) is 11.3 Å². The third-order valence-corrected chi connectivity index (χ3v) is 1.35. The molecule has 0 bridgehead atoms. The van der Waals surface area contributed by atoms with Gasteiger partial charge in [0.1, 0.15) is 6.54 Å². The first-order chi connectivity index (χ1) is 6.31. The molecule has 0 aromatic rings. The van der Waals surface area contributed by atoms with E-state index in [0.29, 0.717) is 6.61 Å². The van der Waals surface area contributed by atoms with Crippen molar-refractivity contribution in [2.45, 2.75) is 6.42 Å². The molecule has 0 saturated carbocycles. The van der Waals surface area contributed by atoms with Crippen molar-refractivity contribution in [3.8, 4) is 6.07 Å². The normalized spacial score (nSPS) is 9.23. The van der Waals surface area contributed by atoms with E-state index >= 15 is 0 Å². The summed E-state index contributed by atoms with van der Waals surface area (Å²) in [6.45, 7) is 1.75. The minimum absolute atomic E-state index is 0.0680. The van der Waals surface area contributed by atoms with Crippen LogP contribution in [-0.4, -0.2) is 39.3 Å². The number of ether oxygens (including phenoxy) is 1. The molecule has 0 aromatic heterocycles. The molecule has 1 amide bonds. The van der Waals surface area contributed by atoms with Crippen LogP contribution >= 0.6 is 0 Å². The van der Waals surface area contributed by atoms with Gasteiger partial charge >= 0.3 is 0 Å². The van der Waals surface area contributed by atoms with Gasteiger partial charge in [0.05, 0.1) is 12.6 Å². The van der Waals surface area contributed by atoms with Crippen LogP contribution in [0.1, 0.15) is 6.42 Å². The molecule has 2 N–H and O–H groups in total. The Kier molecular flexibility index (Phi) is 8.20. The molecule has 0 aliphatic carbocycles. The summed E-state index contributed by atoms with van der Waals surface area (Å²) in [4.78, 5) is 10.9. The fourth-order valence-electron chi connectivity index (χ4n) is 0.744. The lowest BCUT2D eigenvalue weighted by atomic mass is 10.4. The Bertz CT molecular complexity index is 177. The van der Waals surface area contributed by atoms with E-state index in [1.165, 1.54) is 0 Å². The maximum Gasteiger partial charge on any atom is 0.234 e. The largest absolute Gasteiger partial charge is 0.385 e. The van der Waals surface area contributed by atoms with Crippen LogP contribution < -0.4 is 10.6 Å². The van der Waals surface area contributed by atoms with Gasteiger partial charge in [0.2, 0.25) is 5.91 Å². The number of nitrogens with one attached hydrogen (secondary N) is 2. The molecule has 0 heterocycles. The SMILES string of the molecule is COCCCNCC(=O)NCC#N. The summed E-state index contributed by atoms with van der Waals surface area (Å²) in [5.74, 6) is -0.154. The molecule has 0 fully saturated rings. The predicted octanol–water partition coefficient (Wildman–Crippen LogP) is -0.748. The fourth-order valence-corrected chi connectivity index (χ4v) is 0.744. The summed E-state index contributed by atoms with van der Waals surface area (Å²) in [6.07, 6.45) is 0.877. The van der Waals surface area contributed by atoms with Crippen molar-refractivity contribution in [3.05, 3.63) is 0 Å². The average molecular weight is 185 g/mol. The van der Waals surface area contributed by atoms with Gasteiger partial charge in [0.25, 0.3) is 0 Å². The minimum Gasteiger partial charge on any atom is -0.385 e. The molecule has 0 aliphatic rings. The van der Waals surface area contributed by atoms with Crippen LogP contribution in [0.5, 0.6) is 0 Å². The lowest BCUT2D eigenvalue weighted by Crippen LogP contribution is -2.34. The van der Waals surface area contributed by atoms with Crippen LogP contribution in [0.15, 0.2) is 0 Å². The van der Waals surface area contributed by atoms with Crippen molar-refractivity contribution in [1.82, 2.24) is 10.6 Å². The zero-order chi connectivity index (χ0) is 9.94. The first-order valence-electron chi connectivity index (χ1n) is 4.14. The van der Waals surface area contributed by atoms with Gasteiger partial charge in [0.15, 0.2) is 0 Å². The highest BCUT2D eigenvalue weighted by molar-refractivity contribution is 5.78. The van der Waals surface area contributed by atoms with Crippen LogP contribution in [-0.2, 0) is 9.53 Å². The van der Waals surface area contributed by atoms with E-state index in [-0.39, 0.29) is 19.0 Å². The zero-order valence-electron chi connectivity index (χ0n) is 7.80. The summed E-state index contributed by atoms with van der Waals surface area (Å²) in [6, 6.07) is 1.83. The number of rotatable bonds is 7. The molecule has 13 heavy (non-hydrogen) atoms. The van der Waals surface area contributed by atoms with E-state index in [0.717, 1.165) is 13.0 Å². The van der Waals surface area contributed by atoms with Gasteiger partial charge < -0.3 is 15.4 Å². The smallest absolute Gasteiger partial charge is 0.234 e. The number of nitriles is 1. The average Bonchev–Trinajstić information content (AvgIpc) is 2.14. The highest BCUT2D eigenvalue weighted by Crippen LogP contribution is 1.76. The molecule has 74 valence electrons. The highest BCUT2D eigenvalue weighted by Gasteiger charge is 1.97. The lowest BCUT2D eigenvalue weighted by Gasteiger charge is -2.03. The Labute approximate surface area is 78.1 Å². The molecule has 5 nitrogen and oxygen atoms in total. The summed E-state index contributed by atoms with van der Waals surface area (Å²) < 4.78 is 4.83. The van der Waals surface area contributed by atoms with Crippen molar-refractivity contribution in [2.75, 3.05) is 33.4 Å². The first-order valence-corrected chi connectivity index (χ1v) is 4.14. The first kappa shape index (κ1) is 11.9. The van der Waals surface area contributed by atoms with Crippen LogP contribution in [0.2, 0.25) is 0 Å². The van der Waals surface area contributed by atoms with Gasteiger partial charge in [-0.15, -0.1) is 0 Å². The topological polar surface area (TPSA) is 74.2 Å². The highest BCUT2D eigenvalue weighted by atomic mass is 16.5. The molecule has 0 spiro atoms. The van der Waals surface area contributed by atoms with Crippen molar-refractivity contribution >= 4 is 5.91 Å². The van der Waals surface area contributed by atoms with E-state index in [1.807, 2.05) is 6.07 Å². The molecular formula is C8H15N3O2. The Morgan fingerprint density at radius 1 is 1.62 bits per heavy atom. The Hall–Kier alpha value is -1.12. The molecular weight excluding hydrogens is 170 g/mol. The summed E-state index contributed by atoms with van der Waals surface area (Å²) in [5, 5.41) is 13.5. The Morgan fingerprint density at radius 3 is 3.00 bits per heavy atom. The van der Waals surface area contributed by atoms with E-state index < -0.39 is 0 Å². The number of methoxy groups -OCH3 is 1. The summed E-state index contributed by atoms with van der Waals surface area (Å²) in [5.41, 5.74) is 0. The van der Waals surface area contributed by atoms with Gasteiger partial charge in [-0.3, -0.25) is 4.79 Å². The molecule has 5 heteroatoms. The van der Waals surface area contributed by atoms with E-state index in [2.05, 4.69) is 10.6 Å². The monoisotopic (exact) mass is 185 g/mol. The maximum absolute atomic E-state index is 10.9.